The number of imide groups is 2. The number of rotatable bonds is 11. The van der Waals surface area contributed by atoms with E-state index in [4.69, 9.17) is 10.7 Å². The fourth-order valence-electron chi connectivity index (χ4n) is 10.5. The van der Waals surface area contributed by atoms with Gasteiger partial charge >= 0.3 is 0 Å². The lowest BCUT2D eigenvalue weighted by Gasteiger charge is -2.42. The molecule has 2 bridgehead atoms. The minimum Gasteiger partial charge on any atom is -0.371 e. The molecule has 4 unspecified atom stereocenters. The zero-order chi connectivity index (χ0) is 44.2. The van der Waals surface area contributed by atoms with E-state index in [1.807, 2.05) is 11.0 Å². The molecule has 0 radical (unpaired) electrons. The highest BCUT2D eigenvalue weighted by molar-refractivity contribution is 7.90. The van der Waals surface area contributed by atoms with Crippen LogP contribution in [-0.4, -0.2) is 127 Å². The van der Waals surface area contributed by atoms with Crippen molar-refractivity contribution in [3.8, 4) is 0 Å². The molecule has 5 saturated heterocycles. The Hall–Kier alpha value is -5.95. The second-order valence-electron chi connectivity index (χ2n) is 17.9. The molecular formula is C44H52N10O8S. The van der Waals surface area contributed by atoms with Crippen LogP contribution in [0.15, 0.2) is 53.6 Å². The Morgan fingerprint density at radius 1 is 0.873 bits per heavy atom. The smallest absolute Gasteiger partial charge is 0.271 e. The van der Waals surface area contributed by atoms with E-state index in [0.29, 0.717) is 48.2 Å². The summed E-state index contributed by atoms with van der Waals surface area (Å²) in [7, 11) is -3.38. The first kappa shape index (κ1) is 42.4. The Kier molecular flexibility index (Phi) is 11.4. The van der Waals surface area contributed by atoms with Gasteiger partial charge < -0.3 is 26.2 Å². The third-order valence-electron chi connectivity index (χ3n) is 13.8. The molecule has 6 amide bonds. The number of amides is 6. The number of carbonyl (C=O) groups is 6. The van der Waals surface area contributed by atoms with Gasteiger partial charge in [0, 0.05) is 80.8 Å². The van der Waals surface area contributed by atoms with Gasteiger partial charge in [0.25, 0.3) is 17.7 Å². The molecule has 4 atom stereocenters. The standard InChI is InChI=1S/C44H52N10O8S/c1-63(61,62)32-9-4-27(5-10-32)47-40-38(39(45)56)46-22-36(49-40)52-16-2-3-28(24-52)48-41(57)26-19-30-6-7-31(20-26)53(30)23-25-14-17-51(18-15-25)29-8-11-33-34(21-29)44(60)54(43(33)59)35-12-13-37(55)50-42(35)58/h4-5,8-11,21-22,25-26,28,30-31,35H,2-3,6-7,12-20,23-24H2,1H3,(H2,45,56)(H,47,49)(H,48,57)(H,50,55,58). The molecule has 3 aromatic rings. The van der Waals surface area contributed by atoms with Crippen molar-refractivity contribution in [3.63, 3.8) is 0 Å². The molecular weight excluding hydrogens is 829 g/mol. The maximum atomic E-state index is 13.8. The maximum Gasteiger partial charge on any atom is 0.271 e. The molecule has 7 heterocycles. The number of hydrogen-bond acceptors (Lipinski definition) is 14. The van der Waals surface area contributed by atoms with Crippen LogP contribution in [0, 0.1) is 11.8 Å². The minimum atomic E-state index is -3.38. The number of sulfone groups is 1. The Labute approximate surface area is 365 Å². The van der Waals surface area contributed by atoms with E-state index in [1.54, 1.807) is 24.3 Å². The molecule has 19 heteroatoms. The Morgan fingerprint density at radius 2 is 1.59 bits per heavy atom. The van der Waals surface area contributed by atoms with Gasteiger partial charge in [-0.15, -0.1) is 0 Å². The van der Waals surface area contributed by atoms with Gasteiger partial charge in [-0.25, -0.2) is 18.4 Å². The Morgan fingerprint density at radius 3 is 2.27 bits per heavy atom. The van der Waals surface area contributed by atoms with E-state index >= 15 is 0 Å². The van der Waals surface area contributed by atoms with Crippen LogP contribution in [0.3, 0.4) is 0 Å². The van der Waals surface area contributed by atoms with Crippen LogP contribution in [0.25, 0.3) is 0 Å². The minimum absolute atomic E-state index is 0.0459. The lowest BCUT2D eigenvalue weighted by molar-refractivity contribution is -0.136. The van der Waals surface area contributed by atoms with Gasteiger partial charge in [0.1, 0.15) is 11.9 Å². The molecule has 0 saturated carbocycles. The van der Waals surface area contributed by atoms with Gasteiger partial charge in [-0.05, 0) is 106 Å². The number of nitrogens with one attached hydrogen (secondary N) is 3. The summed E-state index contributed by atoms with van der Waals surface area (Å²) in [6, 6.07) is 11.1. The van der Waals surface area contributed by atoms with E-state index < -0.39 is 45.4 Å². The zero-order valence-corrected chi connectivity index (χ0v) is 35.9. The molecule has 6 aliphatic heterocycles. The van der Waals surface area contributed by atoms with Gasteiger partial charge in [-0.1, -0.05) is 0 Å². The first-order valence-electron chi connectivity index (χ1n) is 21.9. The summed E-state index contributed by atoms with van der Waals surface area (Å²) < 4.78 is 23.8. The van der Waals surface area contributed by atoms with E-state index in [1.165, 1.54) is 18.3 Å². The molecule has 6 aliphatic rings. The quantitative estimate of drug-likeness (QED) is 0.203. The lowest BCUT2D eigenvalue weighted by atomic mass is 9.87. The van der Waals surface area contributed by atoms with Crippen molar-refractivity contribution in [1.82, 2.24) is 30.4 Å². The Bertz CT molecular complexity index is 2460. The van der Waals surface area contributed by atoms with Crippen LogP contribution in [0.5, 0.6) is 0 Å². The van der Waals surface area contributed by atoms with Gasteiger partial charge in [0.05, 0.1) is 22.2 Å². The molecule has 5 fully saturated rings. The first-order chi connectivity index (χ1) is 30.2. The van der Waals surface area contributed by atoms with E-state index in [2.05, 4.69) is 30.7 Å². The number of fused-ring (bicyclic) bond motifs is 3. The highest BCUT2D eigenvalue weighted by atomic mass is 32.2. The molecule has 2 aromatic carbocycles. The predicted molar refractivity (Wildman–Crippen MR) is 231 cm³/mol. The van der Waals surface area contributed by atoms with E-state index in [0.717, 1.165) is 87.8 Å². The maximum absolute atomic E-state index is 13.8. The van der Waals surface area contributed by atoms with Gasteiger partial charge in [0.2, 0.25) is 17.7 Å². The summed E-state index contributed by atoms with van der Waals surface area (Å²) in [5.74, 6) is -1.56. The number of carbonyl (C=O) groups excluding carboxylic acids is 6. The summed E-state index contributed by atoms with van der Waals surface area (Å²) in [6.07, 6.45) is 10.3. The van der Waals surface area contributed by atoms with Crippen molar-refractivity contribution in [2.75, 3.05) is 54.1 Å². The van der Waals surface area contributed by atoms with Crippen molar-refractivity contribution >= 4 is 68.3 Å². The number of nitrogens with zero attached hydrogens (tertiary/aromatic N) is 6. The highest BCUT2D eigenvalue weighted by Gasteiger charge is 2.46. The molecule has 63 heavy (non-hydrogen) atoms. The average molecular weight is 881 g/mol. The summed E-state index contributed by atoms with van der Waals surface area (Å²) in [6.45, 7) is 3.85. The Balaban J connectivity index is 0.765. The van der Waals surface area contributed by atoms with Crippen molar-refractivity contribution in [1.29, 1.82) is 0 Å². The van der Waals surface area contributed by atoms with E-state index in [9.17, 15) is 37.2 Å². The summed E-state index contributed by atoms with van der Waals surface area (Å²) >= 11 is 0. The van der Waals surface area contributed by atoms with Crippen molar-refractivity contribution in [2.24, 2.45) is 17.6 Å². The van der Waals surface area contributed by atoms with Crippen molar-refractivity contribution in [2.45, 2.75) is 93.3 Å². The largest absolute Gasteiger partial charge is 0.371 e. The molecule has 332 valence electrons. The second kappa shape index (κ2) is 17.0. The predicted octanol–water partition coefficient (Wildman–Crippen LogP) is 2.37. The van der Waals surface area contributed by atoms with Gasteiger partial charge in [-0.2, -0.15) is 0 Å². The third kappa shape index (κ3) is 8.59. The van der Waals surface area contributed by atoms with Crippen molar-refractivity contribution in [3.05, 3.63) is 65.5 Å². The van der Waals surface area contributed by atoms with E-state index in [-0.39, 0.29) is 52.7 Å². The highest BCUT2D eigenvalue weighted by Crippen LogP contribution is 2.41. The second-order valence-corrected chi connectivity index (χ2v) is 19.9. The average Bonchev–Trinajstić information content (AvgIpc) is 3.63. The SMILES string of the molecule is CS(=O)(=O)c1ccc(Nc2nc(N3CCCC(NC(=O)C4CC5CCC(C4)N5CC4CCN(c5ccc6c(c5)C(=O)N(C5CCC(=O)NC5=O)C6=O)CC4)C3)cnc2C(N)=O)cc1. The monoisotopic (exact) mass is 880 g/mol. The molecule has 18 nitrogen and oxygen atoms in total. The first-order valence-corrected chi connectivity index (χ1v) is 23.7. The normalized spacial score (nSPS) is 25.5. The number of nitrogens with two attached hydrogens (primary N) is 1. The van der Waals surface area contributed by atoms with Gasteiger partial charge in [-0.3, -0.25) is 43.9 Å². The topological polar surface area (TPSA) is 237 Å². The summed E-state index contributed by atoms with van der Waals surface area (Å²) in [5, 5.41) is 8.66. The number of aromatic nitrogens is 2. The zero-order valence-electron chi connectivity index (χ0n) is 35.1. The molecule has 0 aliphatic carbocycles. The fraction of sp³-hybridized carbons (Fsp3) is 0.500. The number of hydrogen-bond donors (Lipinski definition) is 4. The number of benzene rings is 2. The fourth-order valence-corrected chi connectivity index (χ4v) is 11.1. The molecule has 9 rings (SSSR count). The van der Waals surface area contributed by atoms with Crippen LogP contribution in [0.1, 0.15) is 95.4 Å². The van der Waals surface area contributed by atoms with Crippen LogP contribution in [0.2, 0.25) is 0 Å². The van der Waals surface area contributed by atoms with Gasteiger partial charge in [0.15, 0.2) is 21.3 Å². The molecule has 5 N–H and O–H groups in total. The van der Waals surface area contributed by atoms with Crippen LogP contribution in [0.4, 0.5) is 23.0 Å². The summed E-state index contributed by atoms with van der Waals surface area (Å²) in [5.41, 5.74) is 7.53. The number of primary amides is 1. The molecule has 1 aromatic heterocycles. The number of anilines is 4. The number of piperidine rings is 4. The molecule has 0 spiro atoms. The third-order valence-corrected chi connectivity index (χ3v) is 14.9. The van der Waals surface area contributed by atoms with Crippen LogP contribution >= 0.6 is 0 Å². The van der Waals surface area contributed by atoms with Crippen molar-refractivity contribution < 1.29 is 37.2 Å². The summed E-state index contributed by atoms with van der Waals surface area (Å²) in [4.78, 5) is 94.0. The van der Waals surface area contributed by atoms with Crippen LogP contribution < -0.4 is 31.5 Å². The lowest BCUT2D eigenvalue weighted by Crippen LogP contribution is -2.54. The van der Waals surface area contributed by atoms with Crippen LogP contribution in [-0.2, 0) is 24.2 Å².